The smallest absolute Gasteiger partial charge is 0.314 e. The number of aromatic nitrogens is 1. The van der Waals surface area contributed by atoms with E-state index in [2.05, 4.69) is 22.5 Å². The molecule has 2 heterocycles. The summed E-state index contributed by atoms with van der Waals surface area (Å²) in [4.78, 5) is 16.2. The molecule has 0 fully saturated rings. The lowest BCUT2D eigenvalue weighted by Crippen LogP contribution is -2.43. The molecule has 0 spiro atoms. The van der Waals surface area contributed by atoms with Crippen LogP contribution in [0.15, 0.2) is 28.2 Å². The van der Waals surface area contributed by atoms with Crippen molar-refractivity contribution in [1.82, 2.24) is 15.6 Å². The molecular formula is C15H21N3O3S. The van der Waals surface area contributed by atoms with Crippen molar-refractivity contribution in [2.45, 2.75) is 32.3 Å². The first kappa shape index (κ1) is 16.5. The Bertz CT molecular complexity index is 593. The Morgan fingerprint density at radius 3 is 2.95 bits per heavy atom. The minimum atomic E-state index is -1.23. The highest BCUT2D eigenvalue weighted by Gasteiger charge is 2.26. The zero-order valence-electron chi connectivity index (χ0n) is 12.8. The van der Waals surface area contributed by atoms with Crippen LogP contribution in [0.2, 0.25) is 0 Å². The zero-order valence-corrected chi connectivity index (χ0v) is 13.6. The highest BCUT2D eigenvalue weighted by Crippen LogP contribution is 2.19. The van der Waals surface area contributed by atoms with Crippen molar-refractivity contribution >= 4 is 17.4 Å². The third kappa shape index (κ3) is 4.57. The molecule has 1 unspecified atom stereocenters. The largest absolute Gasteiger partial charge is 0.466 e. The number of aliphatic hydroxyl groups is 1. The van der Waals surface area contributed by atoms with Crippen molar-refractivity contribution in [1.29, 1.82) is 0 Å². The number of carbonyl (C=O) groups is 1. The molecule has 2 aromatic heterocycles. The van der Waals surface area contributed by atoms with Gasteiger partial charge in [-0.25, -0.2) is 9.78 Å². The zero-order chi connectivity index (χ0) is 16.0. The standard InChI is InChI=1S/C15H21N3O3S/c1-3-13-18-11(9-22-13)6-7-16-14(19)17-10-15(2,20)12-5-4-8-21-12/h4-5,8-9,20H,3,6-7,10H2,1-2H3,(H2,16,17,19). The summed E-state index contributed by atoms with van der Waals surface area (Å²) in [5.74, 6) is 0.419. The lowest BCUT2D eigenvalue weighted by molar-refractivity contribution is 0.0367. The lowest BCUT2D eigenvalue weighted by Gasteiger charge is -2.21. The van der Waals surface area contributed by atoms with Gasteiger partial charge < -0.3 is 20.2 Å². The molecule has 0 radical (unpaired) electrons. The van der Waals surface area contributed by atoms with Crippen LogP contribution in [-0.2, 0) is 18.4 Å². The van der Waals surface area contributed by atoms with Gasteiger partial charge >= 0.3 is 6.03 Å². The molecule has 120 valence electrons. The van der Waals surface area contributed by atoms with Crippen LogP contribution in [0, 0.1) is 0 Å². The van der Waals surface area contributed by atoms with Gasteiger partial charge in [0.15, 0.2) is 0 Å². The van der Waals surface area contributed by atoms with Gasteiger partial charge in [-0.3, -0.25) is 0 Å². The van der Waals surface area contributed by atoms with E-state index in [-0.39, 0.29) is 12.6 Å². The number of rotatable bonds is 7. The number of aryl methyl sites for hydroxylation is 1. The van der Waals surface area contributed by atoms with E-state index < -0.39 is 5.60 Å². The second kappa shape index (κ2) is 7.42. The first-order chi connectivity index (χ1) is 10.5. The summed E-state index contributed by atoms with van der Waals surface area (Å²) in [6.45, 7) is 4.23. The number of nitrogens with zero attached hydrogens (tertiary/aromatic N) is 1. The van der Waals surface area contributed by atoms with Crippen LogP contribution in [0.5, 0.6) is 0 Å². The van der Waals surface area contributed by atoms with Gasteiger partial charge in [0, 0.05) is 18.3 Å². The topological polar surface area (TPSA) is 87.4 Å². The van der Waals surface area contributed by atoms with E-state index >= 15 is 0 Å². The number of thiazole rings is 1. The van der Waals surface area contributed by atoms with Crippen LogP contribution in [0.4, 0.5) is 4.79 Å². The third-order valence-corrected chi connectivity index (χ3v) is 4.26. The van der Waals surface area contributed by atoms with Crippen molar-refractivity contribution in [3.63, 3.8) is 0 Å². The highest BCUT2D eigenvalue weighted by atomic mass is 32.1. The molecule has 2 amide bonds. The van der Waals surface area contributed by atoms with Crippen molar-refractivity contribution in [2.24, 2.45) is 0 Å². The molecule has 2 rings (SSSR count). The SMILES string of the molecule is CCc1nc(CCNC(=O)NCC(C)(O)c2ccco2)cs1. The van der Waals surface area contributed by atoms with Crippen LogP contribution >= 0.6 is 11.3 Å². The second-order valence-corrected chi connectivity index (χ2v) is 6.14. The average molecular weight is 323 g/mol. The monoisotopic (exact) mass is 323 g/mol. The van der Waals surface area contributed by atoms with E-state index in [1.165, 1.54) is 6.26 Å². The maximum atomic E-state index is 11.7. The van der Waals surface area contributed by atoms with Crippen molar-refractivity contribution < 1.29 is 14.3 Å². The number of hydrogen-bond donors (Lipinski definition) is 3. The van der Waals surface area contributed by atoms with Gasteiger partial charge in [-0.2, -0.15) is 0 Å². The van der Waals surface area contributed by atoms with Gasteiger partial charge in [-0.15, -0.1) is 11.3 Å². The number of hydrogen-bond acceptors (Lipinski definition) is 5. The van der Waals surface area contributed by atoms with E-state index in [1.807, 2.05) is 5.38 Å². The van der Waals surface area contributed by atoms with E-state index in [4.69, 9.17) is 4.42 Å². The van der Waals surface area contributed by atoms with E-state index in [0.29, 0.717) is 18.7 Å². The van der Waals surface area contributed by atoms with Crippen LogP contribution in [0.3, 0.4) is 0 Å². The van der Waals surface area contributed by atoms with Crippen molar-refractivity contribution in [2.75, 3.05) is 13.1 Å². The van der Waals surface area contributed by atoms with E-state index in [0.717, 1.165) is 17.1 Å². The first-order valence-electron chi connectivity index (χ1n) is 7.22. The Morgan fingerprint density at radius 1 is 1.50 bits per heavy atom. The molecule has 0 saturated heterocycles. The van der Waals surface area contributed by atoms with Crippen LogP contribution in [0.1, 0.15) is 30.3 Å². The fourth-order valence-electron chi connectivity index (χ4n) is 1.92. The summed E-state index contributed by atoms with van der Waals surface area (Å²) in [5, 5.41) is 18.7. The molecule has 1 atom stereocenters. The summed E-state index contributed by atoms with van der Waals surface area (Å²) >= 11 is 1.64. The minimum Gasteiger partial charge on any atom is -0.466 e. The minimum absolute atomic E-state index is 0.0725. The van der Waals surface area contributed by atoms with Gasteiger partial charge in [0.25, 0.3) is 0 Å². The Labute approximate surface area is 133 Å². The molecule has 0 aromatic carbocycles. The number of furan rings is 1. The van der Waals surface area contributed by atoms with Gasteiger partial charge in [0.2, 0.25) is 0 Å². The summed E-state index contributed by atoms with van der Waals surface area (Å²) in [7, 11) is 0. The highest BCUT2D eigenvalue weighted by molar-refractivity contribution is 7.09. The molecule has 3 N–H and O–H groups in total. The van der Waals surface area contributed by atoms with Crippen molar-refractivity contribution in [3.05, 3.63) is 40.2 Å². The van der Waals surface area contributed by atoms with Crippen LogP contribution in [-0.4, -0.2) is 29.2 Å². The molecule has 0 saturated carbocycles. The summed E-state index contributed by atoms with van der Waals surface area (Å²) in [5.41, 5.74) is -0.240. The van der Waals surface area contributed by atoms with Gasteiger partial charge in [0.05, 0.1) is 23.5 Å². The van der Waals surface area contributed by atoms with E-state index in [1.54, 1.807) is 30.4 Å². The fraction of sp³-hybridized carbons (Fsp3) is 0.467. The Balaban J connectivity index is 1.69. The number of urea groups is 1. The molecule has 0 bridgehead atoms. The predicted octanol–water partition coefficient (Wildman–Crippen LogP) is 2.05. The quantitative estimate of drug-likeness (QED) is 0.728. The average Bonchev–Trinajstić information content (AvgIpc) is 3.16. The van der Waals surface area contributed by atoms with Crippen LogP contribution < -0.4 is 10.6 Å². The normalized spacial score (nSPS) is 13.6. The predicted molar refractivity (Wildman–Crippen MR) is 84.9 cm³/mol. The summed E-state index contributed by atoms with van der Waals surface area (Å²) in [6, 6.07) is 3.05. The molecule has 6 nitrogen and oxygen atoms in total. The molecule has 7 heteroatoms. The maximum Gasteiger partial charge on any atom is 0.314 e. The maximum absolute atomic E-state index is 11.7. The molecule has 0 aliphatic carbocycles. The number of carbonyl (C=O) groups excluding carboxylic acids is 1. The van der Waals surface area contributed by atoms with Gasteiger partial charge in [0.1, 0.15) is 11.4 Å². The summed E-state index contributed by atoms with van der Waals surface area (Å²) in [6.07, 6.45) is 3.11. The number of nitrogens with one attached hydrogen (secondary N) is 2. The third-order valence-electron chi connectivity index (χ3n) is 3.21. The summed E-state index contributed by atoms with van der Waals surface area (Å²) < 4.78 is 5.15. The molecular weight excluding hydrogens is 302 g/mol. The molecule has 2 aromatic rings. The molecule has 0 aliphatic heterocycles. The molecule has 22 heavy (non-hydrogen) atoms. The Hall–Kier alpha value is -1.86. The fourth-order valence-corrected chi connectivity index (χ4v) is 2.70. The second-order valence-electron chi connectivity index (χ2n) is 5.20. The Morgan fingerprint density at radius 2 is 2.32 bits per heavy atom. The molecule has 0 aliphatic rings. The number of amides is 2. The lowest BCUT2D eigenvalue weighted by atomic mass is 10.0. The van der Waals surface area contributed by atoms with Gasteiger partial charge in [-0.1, -0.05) is 6.92 Å². The van der Waals surface area contributed by atoms with E-state index in [9.17, 15) is 9.90 Å². The first-order valence-corrected chi connectivity index (χ1v) is 8.10. The van der Waals surface area contributed by atoms with Crippen LogP contribution in [0.25, 0.3) is 0 Å². The Kier molecular flexibility index (Phi) is 5.57. The van der Waals surface area contributed by atoms with Crippen molar-refractivity contribution in [3.8, 4) is 0 Å². The van der Waals surface area contributed by atoms with Gasteiger partial charge in [-0.05, 0) is 25.5 Å².